The van der Waals surface area contributed by atoms with Gasteiger partial charge < -0.3 is 10.2 Å². The SMILES string of the molecule is CC(=O)c1ccccc1NC(=O)C[NH+](C)Cc1ccc(C)cc1C. The number of nitrogens with one attached hydrogen (secondary N) is 2. The second kappa shape index (κ2) is 7.88. The van der Waals surface area contributed by atoms with E-state index < -0.39 is 0 Å². The van der Waals surface area contributed by atoms with Gasteiger partial charge >= 0.3 is 0 Å². The zero-order chi connectivity index (χ0) is 17.7. The summed E-state index contributed by atoms with van der Waals surface area (Å²) in [5.74, 6) is -0.146. The molecule has 0 heterocycles. The minimum atomic E-state index is -0.0917. The molecular weight excluding hydrogens is 300 g/mol. The van der Waals surface area contributed by atoms with Gasteiger partial charge in [0.2, 0.25) is 0 Å². The molecule has 2 N–H and O–H groups in total. The van der Waals surface area contributed by atoms with Gasteiger partial charge in [-0.1, -0.05) is 35.9 Å². The van der Waals surface area contributed by atoms with E-state index in [-0.39, 0.29) is 11.7 Å². The van der Waals surface area contributed by atoms with E-state index in [9.17, 15) is 9.59 Å². The highest BCUT2D eigenvalue weighted by atomic mass is 16.2. The number of Topliss-reactive ketones (excluding diaryl/α,β-unsaturated/α-hetero) is 1. The number of para-hydroxylation sites is 1. The molecule has 0 aliphatic heterocycles. The molecular formula is C20H25N2O2+. The largest absolute Gasteiger partial charge is 0.326 e. The number of carbonyl (C=O) groups is 2. The van der Waals surface area contributed by atoms with Gasteiger partial charge in [0.15, 0.2) is 12.3 Å². The Kier molecular flexibility index (Phi) is 5.88. The van der Waals surface area contributed by atoms with Crippen molar-refractivity contribution in [1.82, 2.24) is 0 Å². The molecule has 1 unspecified atom stereocenters. The molecule has 2 aromatic rings. The van der Waals surface area contributed by atoms with Gasteiger partial charge in [0.1, 0.15) is 6.54 Å². The summed E-state index contributed by atoms with van der Waals surface area (Å²) in [5.41, 5.74) is 4.85. The van der Waals surface area contributed by atoms with E-state index in [2.05, 4.69) is 37.4 Å². The first-order valence-corrected chi connectivity index (χ1v) is 8.14. The van der Waals surface area contributed by atoms with Gasteiger partial charge in [-0.15, -0.1) is 0 Å². The van der Waals surface area contributed by atoms with Crippen molar-refractivity contribution in [2.24, 2.45) is 0 Å². The molecule has 1 amide bonds. The van der Waals surface area contributed by atoms with Gasteiger partial charge in [-0.25, -0.2) is 0 Å². The summed E-state index contributed by atoms with van der Waals surface area (Å²) in [6.45, 7) is 6.81. The summed E-state index contributed by atoms with van der Waals surface area (Å²) >= 11 is 0. The summed E-state index contributed by atoms with van der Waals surface area (Å²) in [5, 5.41) is 2.85. The third-order valence-electron chi connectivity index (χ3n) is 4.03. The second-order valence-electron chi connectivity index (χ2n) is 6.39. The van der Waals surface area contributed by atoms with Crippen LogP contribution in [-0.2, 0) is 11.3 Å². The lowest BCUT2D eigenvalue weighted by Gasteiger charge is -2.16. The summed E-state index contributed by atoms with van der Waals surface area (Å²) in [7, 11) is 2.00. The van der Waals surface area contributed by atoms with Gasteiger partial charge in [-0.05, 0) is 38.5 Å². The molecule has 2 rings (SSSR count). The molecule has 1 atom stereocenters. The van der Waals surface area contributed by atoms with Gasteiger partial charge in [-0.3, -0.25) is 9.59 Å². The van der Waals surface area contributed by atoms with Crippen LogP contribution in [0, 0.1) is 13.8 Å². The van der Waals surface area contributed by atoms with Crippen LogP contribution in [0.4, 0.5) is 5.69 Å². The highest BCUT2D eigenvalue weighted by Crippen LogP contribution is 2.15. The highest BCUT2D eigenvalue weighted by Gasteiger charge is 2.14. The quantitative estimate of drug-likeness (QED) is 0.800. The Morgan fingerprint density at radius 1 is 1.08 bits per heavy atom. The molecule has 24 heavy (non-hydrogen) atoms. The van der Waals surface area contributed by atoms with Crippen LogP contribution in [0.25, 0.3) is 0 Å². The molecule has 0 radical (unpaired) electrons. The number of hydrogen-bond acceptors (Lipinski definition) is 2. The average Bonchev–Trinajstić information content (AvgIpc) is 2.50. The Hall–Kier alpha value is -2.46. The topological polar surface area (TPSA) is 50.6 Å². The molecule has 0 bridgehead atoms. The third-order valence-corrected chi connectivity index (χ3v) is 4.03. The number of anilines is 1. The van der Waals surface area contributed by atoms with E-state index in [0.29, 0.717) is 17.8 Å². The molecule has 4 heteroatoms. The highest BCUT2D eigenvalue weighted by molar-refractivity contribution is 6.03. The zero-order valence-corrected chi connectivity index (χ0v) is 14.8. The number of ketones is 1. The number of rotatable bonds is 6. The van der Waals surface area contributed by atoms with Crippen LogP contribution in [0.1, 0.15) is 34.0 Å². The van der Waals surface area contributed by atoms with Crippen LogP contribution in [0.2, 0.25) is 0 Å². The molecule has 0 aromatic heterocycles. The van der Waals surface area contributed by atoms with Gasteiger partial charge in [0, 0.05) is 11.1 Å². The van der Waals surface area contributed by atoms with Crippen LogP contribution < -0.4 is 10.2 Å². The van der Waals surface area contributed by atoms with Crippen LogP contribution in [0.5, 0.6) is 0 Å². The summed E-state index contributed by atoms with van der Waals surface area (Å²) in [6, 6.07) is 13.5. The lowest BCUT2D eigenvalue weighted by atomic mass is 10.1. The van der Waals surface area contributed by atoms with Crippen molar-refractivity contribution in [2.45, 2.75) is 27.3 Å². The van der Waals surface area contributed by atoms with Crippen LogP contribution >= 0.6 is 0 Å². The van der Waals surface area contributed by atoms with Crippen LogP contribution in [-0.4, -0.2) is 25.3 Å². The summed E-state index contributed by atoms with van der Waals surface area (Å²) in [4.78, 5) is 25.0. The fourth-order valence-corrected chi connectivity index (χ4v) is 2.80. The predicted octanol–water partition coefficient (Wildman–Crippen LogP) is 2.16. The van der Waals surface area contributed by atoms with Gasteiger partial charge in [0.25, 0.3) is 5.91 Å². The van der Waals surface area contributed by atoms with Crippen molar-refractivity contribution in [3.05, 3.63) is 64.7 Å². The van der Waals surface area contributed by atoms with Crippen molar-refractivity contribution < 1.29 is 14.5 Å². The lowest BCUT2D eigenvalue weighted by molar-refractivity contribution is -0.885. The molecule has 0 fully saturated rings. The second-order valence-corrected chi connectivity index (χ2v) is 6.39. The minimum Gasteiger partial charge on any atom is -0.326 e. The fourth-order valence-electron chi connectivity index (χ4n) is 2.80. The number of amides is 1. The Morgan fingerprint density at radius 3 is 2.46 bits per heavy atom. The molecule has 0 saturated heterocycles. The predicted molar refractivity (Wildman–Crippen MR) is 96.4 cm³/mol. The summed E-state index contributed by atoms with van der Waals surface area (Å²) in [6.07, 6.45) is 0. The molecule has 0 saturated carbocycles. The zero-order valence-electron chi connectivity index (χ0n) is 14.8. The van der Waals surface area contributed by atoms with Gasteiger partial charge in [-0.2, -0.15) is 0 Å². The number of quaternary nitrogens is 1. The molecule has 2 aromatic carbocycles. The number of aryl methyl sites for hydroxylation is 2. The normalized spacial score (nSPS) is 11.8. The van der Waals surface area contributed by atoms with E-state index in [4.69, 9.17) is 0 Å². The Morgan fingerprint density at radius 2 is 1.79 bits per heavy atom. The average molecular weight is 325 g/mol. The molecule has 126 valence electrons. The maximum atomic E-state index is 12.3. The first-order chi connectivity index (χ1) is 11.4. The van der Waals surface area contributed by atoms with Crippen LogP contribution in [0.15, 0.2) is 42.5 Å². The standard InChI is InChI=1S/C20H24N2O2/c1-14-9-10-17(15(2)11-14)12-22(4)13-20(24)21-19-8-6-5-7-18(19)16(3)23/h5-11H,12-13H2,1-4H3,(H,21,24)/p+1. The van der Waals surface area contributed by atoms with Gasteiger partial charge in [0.05, 0.1) is 12.7 Å². The van der Waals surface area contributed by atoms with Crippen molar-refractivity contribution in [1.29, 1.82) is 0 Å². The van der Waals surface area contributed by atoms with Crippen molar-refractivity contribution in [2.75, 3.05) is 18.9 Å². The monoisotopic (exact) mass is 325 g/mol. The van der Waals surface area contributed by atoms with E-state index in [1.807, 2.05) is 13.1 Å². The van der Waals surface area contributed by atoms with Crippen molar-refractivity contribution >= 4 is 17.4 Å². The molecule has 0 spiro atoms. The minimum absolute atomic E-state index is 0.0538. The summed E-state index contributed by atoms with van der Waals surface area (Å²) < 4.78 is 0. The molecule has 4 nitrogen and oxygen atoms in total. The number of carbonyl (C=O) groups excluding carboxylic acids is 2. The number of likely N-dealkylation sites (N-methyl/N-ethyl adjacent to an activating group) is 1. The molecule has 0 aliphatic rings. The van der Waals surface area contributed by atoms with Crippen LogP contribution in [0.3, 0.4) is 0 Å². The van der Waals surface area contributed by atoms with E-state index in [1.54, 1.807) is 18.2 Å². The fraction of sp³-hybridized carbons (Fsp3) is 0.300. The maximum Gasteiger partial charge on any atom is 0.279 e. The Balaban J connectivity index is 1.98. The molecule has 0 aliphatic carbocycles. The first-order valence-electron chi connectivity index (χ1n) is 8.14. The smallest absolute Gasteiger partial charge is 0.279 e. The maximum absolute atomic E-state index is 12.3. The lowest BCUT2D eigenvalue weighted by Crippen LogP contribution is -3.08. The van der Waals surface area contributed by atoms with E-state index in [0.717, 1.165) is 11.4 Å². The van der Waals surface area contributed by atoms with Crippen molar-refractivity contribution in [3.8, 4) is 0 Å². The Bertz CT molecular complexity index is 753. The van der Waals surface area contributed by atoms with E-state index in [1.165, 1.54) is 23.6 Å². The number of hydrogen-bond donors (Lipinski definition) is 2. The first kappa shape index (κ1) is 17.9. The Labute approximate surface area is 143 Å². The van der Waals surface area contributed by atoms with Crippen molar-refractivity contribution in [3.63, 3.8) is 0 Å². The number of benzene rings is 2. The van der Waals surface area contributed by atoms with E-state index >= 15 is 0 Å². The third kappa shape index (κ3) is 4.77.